The van der Waals surface area contributed by atoms with Gasteiger partial charge < -0.3 is 24.0 Å². The molecule has 3 heterocycles. The molecule has 0 aromatic heterocycles. The van der Waals surface area contributed by atoms with E-state index in [1.807, 2.05) is 11.0 Å². The van der Waals surface area contributed by atoms with Crippen LogP contribution in [0.25, 0.3) is 0 Å². The normalized spacial score (nSPS) is 20.6. The van der Waals surface area contributed by atoms with E-state index in [-0.39, 0.29) is 30.1 Å². The van der Waals surface area contributed by atoms with Crippen LogP contribution in [0, 0.1) is 0 Å². The number of fused-ring (bicyclic) bond motifs is 1. The lowest BCUT2D eigenvalue weighted by molar-refractivity contribution is -0.130. The first-order valence-corrected chi connectivity index (χ1v) is 14.2. The van der Waals surface area contributed by atoms with Gasteiger partial charge in [0.25, 0.3) is 0 Å². The Hall–Kier alpha value is -2.81. The first kappa shape index (κ1) is 28.2. The van der Waals surface area contributed by atoms with Crippen molar-refractivity contribution < 1.29 is 28.6 Å². The molecule has 1 atom stereocenters. The maximum atomic E-state index is 12.4. The number of ether oxygens (including phenoxy) is 3. The highest BCUT2D eigenvalue weighted by Gasteiger charge is 2.36. The lowest BCUT2D eigenvalue weighted by Gasteiger charge is -2.41. The number of carbonyl (C=O) groups is 3. The van der Waals surface area contributed by atoms with E-state index < -0.39 is 0 Å². The SMILES string of the molecule is COc1cc(OC)c2c(c1)[C@@H](CCCCCCCCCN1CCC(N3CCC(=O)N(C)C3=O)CC1)OC2=O. The molecule has 0 bridgehead atoms. The third kappa shape index (κ3) is 6.60. The zero-order valence-corrected chi connectivity index (χ0v) is 23.2. The van der Waals surface area contributed by atoms with E-state index in [4.69, 9.17) is 14.2 Å². The smallest absolute Gasteiger partial charge is 0.342 e. The van der Waals surface area contributed by atoms with Crippen LogP contribution in [0.5, 0.6) is 11.5 Å². The quantitative estimate of drug-likeness (QED) is 0.268. The van der Waals surface area contributed by atoms with Crippen LogP contribution in [0.1, 0.15) is 92.7 Å². The molecule has 0 saturated carbocycles. The molecule has 2 saturated heterocycles. The third-order valence-electron chi connectivity index (χ3n) is 8.27. The lowest BCUT2D eigenvalue weighted by atomic mass is 9.98. The second-order valence-electron chi connectivity index (χ2n) is 10.7. The predicted molar refractivity (Wildman–Crippen MR) is 144 cm³/mol. The summed E-state index contributed by atoms with van der Waals surface area (Å²) in [6.07, 6.45) is 11.3. The number of esters is 1. The Morgan fingerprint density at radius 3 is 2.26 bits per heavy atom. The first-order valence-electron chi connectivity index (χ1n) is 14.2. The van der Waals surface area contributed by atoms with Gasteiger partial charge >= 0.3 is 12.0 Å². The van der Waals surface area contributed by atoms with Crippen molar-refractivity contribution in [1.82, 2.24) is 14.7 Å². The fourth-order valence-corrected chi connectivity index (χ4v) is 5.95. The van der Waals surface area contributed by atoms with Crippen LogP contribution in [0.2, 0.25) is 0 Å². The van der Waals surface area contributed by atoms with E-state index in [9.17, 15) is 14.4 Å². The lowest BCUT2D eigenvalue weighted by Crippen LogP contribution is -2.56. The number of carbonyl (C=O) groups excluding carboxylic acids is 3. The minimum absolute atomic E-state index is 0.0733. The molecular weight excluding hydrogens is 486 g/mol. The number of hydrogen-bond donors (Lipinski definition) is 0. The number of urea groups is 1. The zero-order chi connectivity index (χ0) is 27.1. The molecule has 3 aliphatic rings. The highest BCUT2D eigenvalue weighted by Crippen LogP contribution is 2.41. The summed E-state index contributed by atoms with van der Waals surface area (Å²) in [5.41, 5.74) is 1.41. The Kier molecular flexibility index (Phi) is 9.88. The van der Waals surface area contributed by atoms with Gasteiger partial charge in [0.2, 0.25) is 5.91 Å². The van der Waals surface area contributed by atoms with Crippen LogP contribution in [0.15, 0.2) is 12.1 Å². The molecule has 9 nitrogen and oxygen atoms in total. The van der Waals surface area contributed by atoms with Gasteiger partial charge in [0, 0.05) is 50.8 Å². The van der Waals surface area contributed by atoms with E-state index in [0.717, 1.165) is 57.3 Å². The number of cyclic esters (lactones) is 1. The van der Waals surface area contributed by atoms with Crippen molar-refractivity contribution in [2.45, 2.75) is 82.8 Å². The van der Waals surface area contributed by atoms with Gasteiger partial charge in [-0.15, -0.1) is 0 Å². The molecule has 4 rings (SSSR count). The van der Waals surface area contributed by atoms with Crippen LogP contribution in [0.3, 0.4) is 0 Å². The van der Waals surface area contributed by atoms with Crippen molar-refractivity contribution in [3.05, 3.63) is 23.3 Å². The van der Waals surface area contributed by atoms with Crippen molar-refractivity contribution in [1.29, 1.82) is 0 Å². The van der Waals surface area contributed by atoms with Gasteiger partial charge in [-0.25, -0.2) is 9.59 Å². The predicted octanol–water partition coefficient (Wildman–Crippen LogP) is 4.78. The van der Waals surface area contributed by atoms with Crippen LogP contribution in [0.4, 0.5) is 4.79 Å². The number of imide groups is 1. The van der Waals surface area contributed by atoms with Crippen molar-refractivity contribution in [3.63, 3.8) is 0 Å². The van der Waals surface area contributed by atoms with Crippen LogP contribution >= 0.6 is 0 Å². The molecule has 210 valence electrons. The number of methoxy groups -OCH3 is 2. The topological polar surface area (TPSA) is 88.6 Å². The molecule has 0 spiro atoms. The van der Waals surface area contributed by atoms with E-state index >= 15 is 0 Å². The average molecular weight is 530 g/mol. The van der Waals surface area contributed by atoms with Gasteiger partial charge in [-0.1, -0.05) is 32.1 Å². The Morgan fingerprint density at radius 2 is 1.58 bits per heavy atom. The molecular formula is C29H43N3O6. The van der Waals surface area contributed by atoms with E-state index in [1.165, 1.54) is 37.0 Å². The molecule has 3 aliphatic heterocycles. The maximum Gasteiger partial charge on any atom is 0.342 e. The number of amides is 3. The van der Waals surface area contributed by atoms with Crippen molar-refractivity contribution in [2.75, 3.05) is 47.4 Å². The molecule has 2 fully saturated rings. The Balaban J connectivity index is 1.05. The number of benzene rings is 1. The molecule has 38 heavy (non-hydrogen) atoms. The van der Waals surface area contributed by atoms with E-state index in [2.05, 4.69) is 4.90 Å². The minimum atomic E-state index is -0.308. The first-order chi connectivity index (χ1) is 18.4. The van der Waals surface area contributed by atoms with Gasteiger partial charge in [0.05, 0.1) is 14.2 Å². The number of unbranched alkanes of at least 4 members (excludes halogenated alkanes) is 6. The summed E-state index contributed by atoms with van der Waals surface area (Å²) in [5, 5.41) is 0. The largest absolute Gasteiger partial charge is 0.497 e. The summed E-state index contributed by atoms with van der Waals surface area (Å²) in [6.45, 7) is 3.74. The summed E-state index contributed by atoms with van der Waals surface area (Å²) >= 11 is 0. The number of nitrogens with zero attached hydrogens (tertiary/aromatic N) is 3. The molecule has 3 amide bonds. The fraction of sp³-hybridized carbons (Fsp3) is 0.690. The zero-order valence-electron chi connectivity index (χ0n) is 23.2. The minimum Gasteiger partial charge on any atom is -0.497 e. The standard InChI is InChI=1S/C29H43N3O6/c1-30-26(33)14-18-32(29(30)35)21-12-16-31(17-13-21)15-10-8-6-4-5-7-9-11-24-23-19-22(36-2)20-25(37-3)27(23)28(34)38-24/h19-21,24H,4-18H2,1-3H3/t24-/m1/s1. The number of hydrogen-bond acceptors (Lipinski definition) is 7. The van der Waals surface area contributed by atoms with E-state index in [0.29, 0.717) is 30.0 Å². The molecule has 0 radical (unpaired) electrons. The van der Waals surface area contributed by atoms with Gasteiger partial charge in [-0.05, 0) is 44.7 Å². The maximum absolute atomic E-state index is 12.4. The molecule has 0 N–H and O–H groups in total. The third-order valence-corrected chi connectivity index (χ3v) is 8.27. The Bertz CT molecular complexity index is 991. The number of rotatable bonds is 13. The molecule has 1 aromatic carbocycles. The second-order valence-corrected chi connectivity index (χ2v) is 10.7. The number of likely N-dealkylation sites (tertiary alicyclic amines) is 1. The molecule has 0 unspecified atom stereocenters. The summed E-state index contributed by atoms with van der Waals surface area (Å²) in [4.78, 5) is 42.2. The summed E-state index contributed by atoms with van der Waals surface area (Å²) < 4.78 is 16.4. The van der Waals surface area contributed by atoms with Crippen LogP contribution < -0.4 is 9.47 Å². The van der Waals surface area contributed by atoms with Crippen LogP contribution in [-0.4, -0.2) is 86.1 Å². The highest BCUT2D eigenvalue weighted by atomic mass is 16.6. The monoisotopic (exact) mass is 529 g/mol. The number of piperidine rings is 1. The Labute approximate surface area is 226 Å². The highest BCUT2D eigenvalue weighted by molar-refractivity contribution is 5.97. The molecule has 9 heteroatoms. The van der Waals surface area contributed by atoms with Crippen LogP contribution in [-0.2, 0) is 9.53 Å². The summed E-state index contributed by atoms with van der Waals surface area (Å²) in [6, 6.07) is 3.75. The van der Waals surface area contributed by atoms with Gasteiger partial charge in [0.1, 0.15) is 23.2 Å². The summed E-state index contributed by atoms with van der Waals surface area (Å²) in [7, 11) is 4.76. The van der Waals surface area contributed by atoms with Crippen molar-refractivity contribution in [3.8, 4) is 11.5 Å². The molecule has 0 aliphatic carbocycles. The van der Waals surface area contributed by atoms with Crippen molar-refractivity contribution >= 4 is 17.9 Å². The average Bonchev–Trinajstić information content (AvgIpc) is 3.25. The van der Waals surface area contributed by atoms with Gasteiger partial charge in [0.15, 0.2) is 0 Å². The fourth-order valence-electron chi connectivity index (χ4n) is 5.95. The van der Waals surface area contributed by atoms with Gasteiger partial charge in [-0.3, -0.25) is 9.69 Å². The van der Waals surface area contributed by atoms with Crippen molar-refractivity contribution in [2.24, 2.45) is 0 Å². The van der Waals surface area contributed by atoms with E-state index in [1.54, 1.807) is 27.3 Å². The second kappa shape index (κ2) is 13.3. The van der Waals surface area contributed by atoms with Gasteiger partial charge in [-0.2, -0.15) is 0 Å². The molecule has 1 aromatic rings. The summed E-state index contributed by atoms with van der Waals surface area (Å²) in [5.74, 6) is 0.809. The Morgan fingerprint density at radius 1 is 0.895 bits per heavy atom.